The topological polar surface area (TPSA) is 38.7 Å². The summed E-state index contributed by atoms with van der Waals surface area (Å²) < 4.78 is 0. The molecule has 7 aromatic rings. The van der Waals surface area contributed by atoms with Crippen LogP contribution in [0.25, 0.3) is 67.5 Å². The van der Waals surface area contributed by atoms with E-state index in [1.54, 1.807) is 0 Å². The van der Waals surface area contributed by atoms with Crippen molar-refractivity contribution < 1.29 is 0 Å². The van der Waals surface area contributed by atoms with E-state index in [0.717, 1.165) is 27.8 Å². The van der Waals surface area contributed by atoms with Gasteiger partial charge in [0.15, 0.2) is 17.5 Å². The zero-order valence-electron chi connectivity index (χ0n) is 26.8. The third kappa shape index (κ3) is 4.86. The first kappa shape index (κ1) is 28.5. The number of nitrogens with zero attached hydrogens (tertiary/aromatic N) is 3. The minimum absolute atomic E-state index is 0.145. The van der Waals surface area contributed by atoms with Crippen molar-refractivity contribution in [3.8, 4) is 67.5 Å². The zero-order chi connectivity index (χ0) is 31.9. The highest BCUT2D eigenvalue weighted by Crippen LogP contribution is 2.56. The molecular weight excluding hydrogens is 583 g/mol. The van der Waals surface area contributed by atoms with Gasteiger partial charge in [-0.05, 0) is 63.4 Å². The minimum atomic E-state index is 0.145. The summed E-state index contributed by atoms with van der Waals surface area (Å²) in [5.41, 5.74) is 13.5. The molecule has 1 spiro atoms. The third-order valence-corrected chi connectivity index (χ3v) is 10.4. The zero-order valence-corrected chi connectivity index (χ0v) is 26.8. The van der Waals surface area contributed by atoms with E-state index in [2.05, 4.69) is 127 Å². The Hall–Kier alpha value is -5.67. The summed E-state index contributed by atoms with van der Waals surface area (Å²) in [6.45, 7) is 0. The lowest BCUT2D eigenvalue weighted by molar-refractivity contribution is 0.353. The molecule has 48 heavy (non-hydrogen) atoms. The van der Waals surface area contributed by atoms with E-state index >= 15 is 0 Å². The average molecular weight is 618 g/mol. The molecule has 0 radical (unpaired) electrons. The molecule has 0 unspecified atom stereocenters. The van der Waals surface area contributed by atoms with Crippen molar-refractivity contribution in [3.05, 3.63) is 163 Å². The van der Waals surface area contributed by atoms with Crippen molar-refractivity contribution in [2.75, 3.05) is 0 Å². The molecule has 1 saturated carbocycles. The van der Waals surface area contributed by atoms with Crippen molar-refractivity contribution in [2.45, 2.75) is 37.5 Å². The van der Waals surface area contributed by atoms with E-state index in [1.165, 1.54) is 65.5 Å². The van der Waals surface area contributed by atoms with Crippen LogP contribution in [0.5, 0.6) is 0 Å². The summed E-state index contributed by atoms with van der Waals surface area (Å²) in [6, 6.07) is 54.0. The Morgan fingerprint density at radius 1 is 0.333 bits per heavy atom. The highest BCUT2D eigenvalue weighted by atomic mass is 15.0. The molecule has 1 aromatic heterocycles. The Kier molecular flexibility index (Phi) is 7.04. The maximum atomic E-state index is 5.14. The molecule has 3 nitrogen and oxygen atoms in total. The second-order valence-corrected chi connectivity index (χ2v) is 13.1. The molecule has 0 atom stereocenters. The van der Waals surface area contributed by atoms with Gasteiger partial charge in [0.05, 0.1) is 0 Å². The highest BCUT2D eigenvalue weighted by Gasteiger charge is 2.43. The molecule has 0 aliphatic heterocycles. The van der Waals surface area contributed by atoms with Gasteiger partial charge < -0.3 is 0 Å². The monoisotopic (exact) mass is 617 g/mol. The first-order chi connectivity index (χ1) is 23.8. The molecule has 9 rings (SSSR count). The molecule has 6 aromatic carbocycles. The molecule has 3 heteroatoms. The summed E-state index contributed by atoms with van der Waals surface area (Å²) in [7, 11) is 0. The number of hydrogen-bond acceptors (Lipinski definition) is 3. The fourth-order valence-corrected chi connectivity index (χ4v) is 8.04. The van der Waals surface area contributed by atoms with Crippen LogP contribution in [0.15, 0.2) is 152 Å². The SMILES string of the molecule is c1ccc(-c2ccc(-c3nc(-c4ccccc4)nc(-c4ccccc4-c4ccc5c(c4)-c4ccccc4C54CCCCC4)n3)cc2)cc1. The van der Waals surface area contributed by atoms with Gasteiger partial charge in [0.1, 0.15) is 0 Å². The van der Waals surface area contributed by atoms with Gasteiger partial charge in [0.2, 0.25) is 0 Å². The minimum Gasteiger partial charge on any atom is -0.208 e. The van der Waals surface area contributed by atoms with Crippen LogP contribution in [-0.4, -0.2) is 15.0 Å². The molecule has 0 amide bonds. The summed E-state index contributed by atoms with van der Waals surface area (Å²) in [5, 5.41) is 0. The molecule has 1 fully saturated rings. The predicted octanol–water partition coefficient (Wildman–Crippen LogP) is 11.4. The standard InChI is InChI=1S/C45H35N3/c1-4-14-31(15-5-1)32-22-24-34(25-23-32)43-46-42(33-16-6-2-7-17-33)47-44(48-43)38-20-9-8-18-36(38)35-26-27-41-39(30-35)37-19-10-11-21-40(37)45(41)28-12-3-13-29-45/h1-2,4-11,14-27,30H,3,12-13,28-29H2. The first-order valence-corrected chi connectivity index (χ1v) is 17.1. The van der Waals surface area contributed by atoms with Gasteiger partial charge >= 0.3 is 0 Å². The van der Waals surface area contributed by atoms with Crippen molar-refractivity contribution in [1.29, 1.82) is 0 Å². The molecule has 0 N–H and O–H groups in total. The van der Waals surface area contributed by atoms with Crippen LogP contribution in [-0.2, 0) is 5.41 Å². The van der Waals surface area contributed by atoms with E-state index in [9.17, 15) is 0 Å². The summed E-state index contributed by atoms with van der Waals surface area (Å²) in [5.74, 6) is 2.00. The number of rotatable bonds is 5. The lowest BCUT2D eigenvalue weighted by Gasteiger charge is -2.36. The largest absolute Gasteiger partial charge is 0.208 e. The Morgan fingerprint density at radius 2 is 0.812 bits per heavy atom. The van der Waals surface area contributed by atoms with Crippen molar-refractivity contribution in [1.82, 2.24) is 15.0 Å². The lowest BCUT2D eigenvalue weighted by atomic mass is 9.68. The lowest BCUT2D eigenvalue weighted by Crippen LogP contribution is -2.27. The molecule has 230 valence electrons. The maximum absolute atomic E-state index is 5.14. The van der Waals surface area contributed by atoms with Crippen LogP contribution >= 0.6 is 0 Å². The van der Waals surface area contributed by atoms with Gasteiger partial charge in [-0.3, -0.25) is 0 Å². The second kappa shape index (κ2) is 11.8. The van der Waals surface area contributed by atoms with Crippen LogP contribution in [0.4, 0.5) is 0 Å². The van der Waals surface area contributed by atoms with Crippen molar-refractivity contribution >= 4 is 0 Å². The van der Waals surface area contributed by atoms with Crippen LogP contribution in [0.2, 0.25) is 0 Å². The van der Waals surface area contributed by atoms with Gasteiger partial charge in [-0.2, -0.15) is 0 Å². The number of aromatic nitrogens is 3. The first-order valence-electron chi connectivity index (χ1n) is 17.1. The highest BCUT2D eigenvalue weighted by molar-refractivity contribution is 5.88. The molecule has 0 bridgehead atoms. The van der Waals surface area contributed by atoms with E-state index < -0.39 is 0 Å². The fraction of sp³-hybridized carbons (Fsp3) is 0.133. The number of hydrogen-bond donors (Lipinski definition) is 0. The van der Waals surface area contributed by atoms with Crippen LogP contribution < -0.4 is 0 Å². The van der Waals surface area contributed by atoms with E-state index in [-0.39, 0.29) is 5.41 Å². The molecule has 2 aliphatic rings. The molecular formula is C45H35N3. The van der Waals surface area contributed by atoms with Gasteiger partial charge in [-0.25, -0.2) is 15.0 Å². The smallest absolute Gasteiger partial charge is 0.164 e. The Bertz CT molecular complexity index is 2250. The van der Waals surface area contributed by atoms with Crippen LogP contribution in [0, 0.1) is 0 Å². The third-order valence-electron chi connectivity index (χ3n) is 10.4. The predicted molar refractivity (Wildman–Crippen MR) is 196 cm³/mol. The molecule has 1 heterocycles. The van der Waals surface area contributed by atoms with Crippen LogP contribution in [0.3, 0.4) is 0 Å². The summed E-state index contributed by atoms with van der Waals surface area (Å²) in [6.07, 6.45) is 6.38. The Labute approximate surface area is 282 Å². The summed E-state index contributed by atoms with van der Waals surface area (Å²) >= 11 is 0. The molecule has 0 saturated heterocycles. The van der Waals surface area contributed by atoms with Gasteiger partial charge in [0, 0.05) is 22.1 Å². The molecule has 2 aliphatic carbocycles. The van der Waals surface area contributed by atoms with E-state index in [1.807, 2.05) is 24.3 Å². The normalized spacial score (nSPS) is 14.4. The average Bonchev–Trinajstić information content (AvgIpc) is 3.43. The number of benzene rings is 6. The maximum Gasteiger partial charge on any atom is 0.164 e. The number of fused-ring (bicyclic) bond motifs is 5. The van der Waals surface area contributed by atoms with Gasteiger partial charge in [-0.15, -0.1) is 0 Å². The van der Waals surface area contributed by atoms with Gasteiger partial charge in [-0.1, -0.05) is 165 Å². The van der Waals surface area contributed by atoms with E-state index in [0.29, 0.717) is 17.5 Å². The van der Waals surface area contributed by atoms with Crippen LogP contribution in [0.1, 0.15) is 43.2 Å². The van der Waals surface area contributed by atoms with Gasteiger partial charge in [0.25, 0.3) is 0 Å². The Morgan fingerprint density at radius 3 is 1.52 bits per heavy atom. The quantitative estimate of drug-likeness (QED) is 0.193. The second-order valence-electron chi connectivity index (χ2n) is 13.1. The van der Waals surface area contributed by atoms with E-state index in [4.69, 9.17) is 15.0 Å². The Balaban J connectivity index is 1.17. The fourth-order valence-electron chi connectivity index (χ4n) is 8.04. The van der Waals surface area contributed by atoms with Crippen molar-refractivity contribution in [2.24, 2.45) is 0 Å². The van der Waals surface area contributed by atoms with Crippen molar-refractivity contribution in [3.63, 3.8) is 0 Å². The summed E-state index contributed by atoms with van der Waals surface area (Å²) in [4.78, 5) is 15.3.